The van der Waals surface area contributed by atoms with Gasteiger partial charge in [-0.2, -0.15) is 0 Å². The highest BCUT2D eigenvalue weighted by Crippen LogP contribution is 2.21. The predicted molar refractivity (Wildman–Crippen MR) is 84.1 cm³/mol. The van der Waals surface area contributed by atoms with E-state index in [0.29, 0.717) is 37.6 Å². The van der Waals surface area contributed by atoms with Crippen LogP contribution in [0.4, 0.5) is 11.6 Å². The fraction of sp³-hybridized carbons (Fsp3) is 0.615. The minimum absolute atomic E-state index is 0.116. The van der Waals surface area contributed by atoms with E-state index >= 15 is 0 Å². The summed E-state index contributed by atoms with van der Waals surface area (Å²) in [5, 5.41) is 2.78. The Morgan fingerprint density at radius 3 is 2.27 bits per heavy atom. The van der Waals surface area contributed by atoms with Gasteiger partial charge in [0, 0.05) is 33.1 Å². The summed E-state index contributed by atoms with van der Waals surface area (Å²) in [6.45, 7) is 0.764. The van der Waals surface area contributed by atoms with Crippen molar-refractivity contribution < 1.29 is 13.2 Å². The smallest absolute Gasteiger partial charge is 0.227 e. The van der Waals surface area contributed by atoms with Gasteiger partial charge in [-0.15, -0.1) is 0 Å². The van der Waals surface area contributed by atoms with E-state index in [2.05, 4.69) is 15.3 Å². The van der Waals surface area contributed by atoms with Crippen molar-refractivity contribution in [1.82, 2.24) is 14.3 Å². The van der Waals surface area contributed by atoms with Crippen LogP contribution >= 0.6 is 0 Å². The maximum atomic E-state index is 12.2. The van der Waals surface area contributed by atoms with Crippen LogP contribution in [0.3, 0.4) is 0 Å². The van der Waals surface area contributed by atoms with Crippen LogP contribution in [0.2, 0.25) is 0 Å². The molecule has 122 valence electrons. The minimum Gasteiger partial charge on any atom is -0.347 e. The Bertz CT molecular complexity index is 622. The van der Waals surface area contributed by atoms with Crippen molar-refractivity contribution >= 4 is 27.6 Å². The number of hydrogen-bond donors (Lipinski definition) is 1. The van der Waals surface area contributed by atoms with E-state index in [-0.39, 0.29) is 11.8 Å². The van der Waals surface area contributed by atoms with E-state index < -0.39 is 10.0 Å². The highest BCUT2D eigenvalue weighted by Gasteiger charge is 2.28. The Morgan fingerprint density at radius 2 is 1.82 bits per heavy atom. The van der Waals surface area contributed by atoms with E-state index in [9.17, 15) is 13.2 Å². The zero-order valence-electron chi connectivity index (χ0n) is 13.0. The van der Waals surface area contributed by atoms with Gasteiger partial charge >= 0.3 is 0 Å². The van der Waals surface area contributed by atoms with Crippen LogP contribution in [-0.2, 0) is 14.8 Å². The number of sulfonamides is 1. The Labute approximate surface area is 130 Å². The highest BCUT2D eigenvalue weighted by molar-refractivity contribution is 7.88. The standard InChI is InChI=1S/C13H21N5O3S/c1-17(2)13-14-8-11(9-15-13)16-12(19)10-4-6-18(7-5-10)22(3,20)21/h8-10H,4-7H2,1-3H3,(H,16,19). The zero-order valence-corrected chi connectivity index (χ0v) is 13.8. The van der Waals surface area contributed by atoms with E-state index in [1.165, 1.54) is 10.6 Å². The van der Waals surface area contributed by atoms with Gasteiger partial charge in [-0.25, -0.2) is 22.7 Å². The molecule has 1 aliphatic rings. The van der Waals surface area contributed by atoms with Gasteiger partial charge in [0.25, 0.3) is 0 Å². The summed E-state index contributed by atoms with van der Waals surface area (Å²) in [6, 6.07) is 0. The number of carbonyl (C=O) groups excluding carboxylic acids is 1. The summed E-state index contributed by atoms with van der Waals surface area (Å²) in [6.07, 6.45) is 5.36. The molecular weight excluding hydrogens is 306 g/mol. The molecule has 2 rings (SSSR count). The molecule has 0 atom stereocenters. The van der Waals surface area contributed by atoms with Crippen LogP contribution in [0.1, 0.15) is 12.8 Å². The molecule has 1 fully saturated rings. The molecule has 1 saturated heterocycles. The lowest BCUT2D eigenvalue weighted by Crippen LogP contribution is -2.40. The molecule has 8 nitrogen and oxygen atoms in total. The molecule has 0 aliphatic carbocycles. The van der Waals surface area contributed by atoms with Crippen LogP contribution in [0.25, 0.3) is 0 Å². The van der Waals surface area contributed by atoms with E-state index in [1.807, 2.05) is 14.1 Å². The number of piperidine rings is 1. The first kappa shape index (κ1) is 16.6. The summed E-state index contributed by atoms with van der Waals surface area (Å²) in [5.41, 5.74) is 0.543. The van der Waals surface area contributed by atoms with Gasteiger partial charge in [-0.1, -0.05) is 0 Å². The minimum atomic E-state index is -3.17. The number of aromatic nitrogens is 2. The van der Waals surface area contributed by atoms with Gasteiger partial charge in [-0.3, -0.25) is 4.79 Å². The maximum absolute atomic E-state index is 12.2. The second-order valence-electron chi connectivity index (χ2n) is 5.59. The van der Waals surface area contributed by atoms with Crippen molar-refractivity contribution in [2.75, 3.05) is 43.7 Å². The molecular formula is C13H21N5O3S. The topological polar surface area (TPSA) is 95.5 Å². The number of nitrogens with one attached hydrogen (secondary N) is 1. The lowest BCUT2D eigenvalue weighted by molar-refractivity contribution is -0.120. The fourth-order valence-corrected chi connectivity index (χ4v) is 3.18. The Kier molecular flexibility index (Phi) is 4.97. The number of amides is 1. The van der Waals surface area contributed by atoms with Gasteiger partial charge in [0.2, 0.25) is 21.9 Å². The summed E-state index contributed by atoms with van der Waals surface area (Å²) in [4.78, 5) is 22.2. The number of rotatable bonds is 4. The molecule has 0 radical (unpaired) electrons. The van der Waals surface area contributed by atoms with Crippen LogP contribution in [0.5, 0.6) is 0 Å². The summed E-state index contributed by atoms with van der Waals surface area (Å²) in [7, 11) is 0.503. The van der Waals surface area contributed by atoms with Crippen molar-refractivity contribution in [3.63, 3.8) is 0 Å². The largest absolute Gasteiger partial charge is 0.347 e. The average Bonchev–Trinajstić information content (AvgIpc) is 2.47. The van der Waals surface area contributed by atoms with Crippen molar-refractivity contribution in [2.24, 2.45) is 5.92 Å². The molecule has 1 aromatic rings. The lowest BCUT2D eigenvalue weighted by atomic mass is 9.97. The van der Waals surface area contributed by atoms with Gasteiger partial charge in [0.1, 0.15) is 0 Å². The third kappa shape index (κ3) is 4.14. The van der Waals surface area contributed by atoms with Crippen LogP contribution < -0.4 is 10.2 Å². The van der Waals surface area contributed by atoms with Crippen molar-refractivity contribution in [2.45, 2.75) is 12.8 Å². The summed E-state index contributed by atoms with van der Waals surface area (Å²) < 4.78 is 24.3. The molecule has 0 aromatic carbocycles. The van der Waals surface area contributed by atoms with Crippen LogP contribution in [0, 0.1) is 5.92 Å². The normalized spacial score (nSPS) is 17.2. The predicted octanol–water partition coefficient (Wildman–Crippen LogP) is 0.153. The second kappa shape index (κ2) is 6.57. The fourth-order valence-electron chi connectivity index (χ4n) is 2.31. The molecule has 2 heterocycles. The van der Waals surface area contributed by atoms with Gasteiger partial charge in [0.05, 0.1) is 24.3 Å². The molecule has 0 saturated carbocycles. The van der Waals surface area contributed by atoms with Gasteiger partial charge in [0.15, 0.2) is 0 Å². The Balaban J connectivity index is 1.91. The summed E-state index contributed by atoms with van der Waals surface area (Å²) >= 11 is 0. The van der Waals surface area contributed by atoms with Gasteiger partial charge in [-0.05, 0) is 12.8 Å². The van der Waals surface area contributed by atoms with Crippen LogP contribution in [0.15, 0.2) is 12.4 Å². The monoisotopic (exact) mass is 327 g/mol. The van der Waals surface area contributed by atoms with Gasteiger partial charge < -0.3 is 10.2 Å². The maximum Gasteiger partial charge on any atom is 0.227 e. The molecule has 1 N–H and O–H groups in total. The molecule has 1 aliphatic heterocycles. The van der Waals surface area contributed by atoms with Crippen molar-refractivity contribution in [3.8, 4) is 0 Å². The van der Waals surface area contributed by atoms with E-state index in [0.717, 1.165) is 0 Å². The molecule has 22 heavy (non-hydrogen) atoms. The Morgan fingerprint density at radius 1 is 1.27 bits per heavy atom. The molecule has 9 heteroatoms. The molecule has 0 unspecified atom stereocenters. The lowest BCUT2D eigenvalue weighted by Gasteiger charge is -2.29. The summed E-state index contributed by atoms with van der Waals surface area (Å²) in [5.74, 6) is 0.264. The third-order valence-electron chi connectivity index (χ3n) is 3.60. The zero-order chi connectivity index (χ0) is 16.3. The Hall–Kier alpha value is -1.74. The molecule has 0 bridgehead atoms. The number of nitrogens with zero attached hydrogens (tertiary/aromatic N) is 4. The van der Waals surface area contributed by atoms with E-state index in [4.69, 9.17) is 0 Å². The number of carbonyl (C=O) groups is 1. The average molecular weight is 327 g/mol. The SMILES string of the molecule is CN(C)c1ncc(NC(=O)C2CCN(S(C)(=O)=O)CC2)cn1. The highest BCUT2D eigenvalue weighted by atomic mass is 32.2. The number of hydrogen-bond acceptors (Lipinski definition) is 6. The van der Waals surface area contributed by atoms with Crippen LogP contribution in [-0.4, -0.2) is 62.0 Å². The first-order valence-electron chi connectivity index (χ1n) is 7.02. The quantitative estimate of drug-likeness (QED) is 0.846. The number of anilines is 2. The molecule has 0 spiro atoms. The van der Waals surface area contributed by atoms with Crippen molar-refractivity contribution in [1.29, 1.82) is 0 Å². The molecule has 1 aromatic heterocycles. The van der Waals surface area contributed by atoms with E-state index in [1.54, 1.807) is 17.3 Å². The first-order valence-corrected chi connectivity index (χ1v) is 8.87. The van der Waals surface area contributed by atoms with Crippen molar-refractivity contribution in [3.05, 3.63) is 12.4 Å². The first-order chi connectivity index (χ1) is 10.3. The third-order valence-corrected chi connectivity index (χ3v) is 4.90. The second-order valence-corrected chi connectivity index (χ2v) is 7.57. The molecule has 1 amide bonds.